The van der Waals surface area contributed by atoms with Crippen molar-refractivity contribution >= 4 is 11.7 Å². The Morgan fingerprint density at radius 1 is 1.18 bits per heavy atom. The average molecular weight is 456 g/mol. The summed E-state index contributed by atoms with van der Waals surface area (Å²) in [5.41, 5.74) is 1.75. The molecule has 2 heterocycles. The van der Waals surface area contributed by atoms with E-state index in [0.717, 1.165) is 17.8 Å². The molecule has 0 atom stereocenters. The first-order chi connectivity index (χ1) is 15.4. The van der Waals surface area contributed by atoms with E-state index in [9.17, 15) is 22.8 Å². The third-order valence-electron chi connectivity index (χ3n) is 5.65. The lowest BCUT2D eigenvalue weighted by Gasteiger charge is -2.29. The maximum atomic E-state index is 12.9. The van der Waals surface area contributed by atoms with Crippen LogP contribution in [0.3, 0.4) is 0 Å². The van der Waals surface area contributed by atoms with Crippen LogP contribution in [0.15, 0.2) is 42.6 Å². The van der Waals surface area contributed by atoms with E-state index in [-0.39, 0.29) is 23.3 Å². The second-order valence-electron chi connectivity index (χ2n) is 9.05. The number of benzene rings is 1. The molecule has 1 aliphatic rings. The van der Waals surface area contributed by atoms with Gasteiger partial charge in [-0.05, 0) is 48.6 Å². The zero-order chi connectivity index (χ0) is 24.0. The second kappa shape index (κ2) is 8.13. The van der Waals surface area contributed by atoms with Gasteiger partial charge < -0.3 is 5.32 Å². The number of hydrogen-bond donors (Lipinski definition) is 1. The first kappa shape index (κ1) is 22.7. The number of Topliss-reactive ketones (excluding diaryl/α,β-unsaturated/α-hetero) is 1. The highest BCUT2D eigenvalue weighted by Gasteiger charge is 2.36. The third-order valence-corrected chi connectivity index (χ3v) is 5.65. The van der Waals surface area contributed by atoms with Crippen molar-refractivity contribution in [3.8, 4) is 5.82 Å². The van der Waals surface area contributed by atoms with Crippen LogP contribution in [0.25, 0.3) is 5.82 Å². The molecule has 1 aliphatic carbocycles. The van der Waals surface area contributed by atoms with Crippen molar-refractivity contribution in [1.29, 1.82) is 0 Å². The number of nitrogens with zero attached hydrogens (tertiary/aromatic N) is 3. The molecule has 33 heavy (non-hydrogen) atoms. The average Bonchev–Trinajstić information content (AvgIpc) is 3.07. The van der Waals surface area contributed by atoms with E-state index in [1.54, 1.807) is 23.7 Å². The summed E-state index contributed by atoms with van der Waals surface area (Å²) in [6.45, 7) is 5.81. The molecule has 172 valence electrons. The zero-order valence-electron chi connectivity index (χ0n) is 18.5. The molecule has 0 saturated heterocycles. The highest BCUT2D eigenvalue weighted by molar-refractivity contribution is 6.00. The van der Waals surface area contributed by atoms with Gasteiger partial charge in [-0.15, -0.1) is 0 Å². The molecule has 1 amide bonds. The van der Waals surface area contributed by atoms with Gasteiger partial charge in [0.15, 0.2) is 11.6 Å². The summed E-state index contributed by atoms with van der Waals surface area (Å²) in [6.07, 6.45) is -1.92. The van der Waals surface area contributed by atoms with E-state index < -0.39 is 17.6 Å². The molecule has 0 unspecified atom stereocenters. The van der Waals surface area contributed by atoms with Gasteiger partial charge >= 0.3 is 6.18 Å². The first-order valence-electron chi connectivity index (χ1n) is 10.5. The smallest absolute Gasteiger partial charge is 0.348 e. The van der Waals surface area contributed by atoms with Crippen molar-refractivity contribution in [3.63, 3.8) is 0 Å². The largest absolute Gasteiger partial charge is 0.416 e. The van der Waals surface area contributed by atoms with Gasteiger partial charge in [-0.25, -0.2) is 9.67 Å². The molecule has 0 fully saturated rings. The number of fused-ring (bicyclic) bond motifs is 1. The van der Waals surface area contributed by atoms with Gasteiger partial charge in [-0.1, -0.05) is 26.0 Å². The number of alkyl halides is 3. The van der Waals surface area contributed by atoms with Gasteiger partial charge in [0.25, 0.3) is 5.91 Å². The molecule has 6 nitrogen and oxygen atoms in total. The van der Waals surface area contributed by atoms with E-state index >= 15 is 0 Å². The van der Waals surface area contributed by atoms with Crippen LogP contribution in [0.2, 0.25) is 0 Å². The Balaban J connectivity index is 1.50. The zero-order valence-corrected chi connectivity index (χ0v) is 18.5. The maximum Gasteiger partial charge on any atom is 0.416 e. The minimum absolute atomic E-state index is 0.0481. The van der Waals surface area contributed by atoms with Crippen LogP contribution >= 0.6 is 0 Å². The fourth-order valence-electron chi connectivity index (χ4n) is 4.12. The van der Waals surface area contributed by atoms with E-state index in [1.165, 1.54) is 18.3 Å². The molecule has 1 N–H and O–H groups in total. The number of rotatable bonds is 4. The molecule has 9 heteroatoms. The van der Waals surface area contributed by atoms with Gasteiger partial charge in [-0.3, -0.25) is 9.59 Å². The van der Waals surface area contributed by atoms with E-state index in [4.69, 9.17) is 0 Å². The van der Waals surface area contributed by atoms with Crippen LogP contribution in [-0.4, -0.2) is 26.5 Å². The molecule has 2 aromatic heterocycles. The van der Waals surface area contributed by atoms with Crippen molar-refractivity contribution in [1.82, 2.24) is 20.1 Å². The summed E-state index contributed by atoms with van der Waals surface area (Å²) in [5.74, 6) is 0.0938. The van der Waals surface area contributed by atoms with E-state index in [2.05, 4.69) is 15.4 Å². The molecule has 0 aliphatic heterocycles. The van der Waals surface area contributed by atoms with Crippen LogP contribution in [0.1, 0.15) is 63.5 Å². The molecule has 0 saturated carbocycles. The number of carbonyl (C=O) groups is 2. The lowest BCUT2D eigenvalue weighted by molar-refractivity contribution is -0.137. The molecular weight excluding hydrogens is 433 g/mol. The maximum absolute atomic E-state index is 12.9. The molecule has 0 radical (unpaired) electrons. The molecule has 4 rings (SSSR count). The number of amides is 1. The van der Waals surface area contributed by atoms with Crippen molar-refractivity contribution in [2.75, 3.05) is 0 Å². The second-order valence-corrected chi connectivity index (χ2v) is 9.05. The van der Waals surface area contributed by atoms with Gasteiger partial charge in [0.05, 0.1) is 28.1 Å². The number of nitrogens with one attached hydrogen (secondary N) is 1. The third kappa shape index (κ3) is 4.67. The van der Waals surface area contributed by atoms with E-state index in [1.807, 2.05) is 13.8 Å². The fourth-order valence-corrected chi connectivity index (χ4v) is 4.12. The highest BCUT2D eigenvalue weighted by atomic mass is 19.4. The summed E-state index contributed by atoms with van der Waals surface area (Å²) < 4.78 is 40.2. The number of aryl methyl sites for hydroxylation is 1. The van der Waals surface area contributed by atoms with Crippen LogP contribution < -0.4 is 5.32 Å². The Morgan fingerprint density at radius 2 is 1.94 bits per heavy atom. The van der Waals surface area contributed by atoms with Gasteiger partial charge in [0.2, 0.25) is 0 Å². The predicted octanol–water partition coefficient (Wildman–Crippen LogP) is 4.68. The number of aromatic nitrogens is 3. The van der Waals surface area contributed by atoms with Crippen LogP contribution in [0, 0.1) is 12.3 Å². The quantitative estimate of drug-likeness (QED) is 0.619. The minimum Gasteiger partial charge on any atom is -0.348 e. The fraction of sp³-hybridized carbons (Fsp3) is 0.333. The van der Waals surface area contributed by atoms with Crippen molar-refractivity contribution in [2.45, 2.75) is 46.3 Å². The molecule has 3 aromatic rings. The normalized spacial score (nSPS) is 15.3. The lowest BCUT2D eigenvalue weighted by Crippen LogP contribution is -2.28. The van der Waals surface area contributed by atoms with Gasteiger partial charge in [0.1, 0.15) is 0 Å². The first-order valence-corrected chi connectivity index (χ1v) is 10.5. The van der Waals surface area contributed by atoms with Crippen LogP contribution in [0.4, 0.5) is 13.2 Å². The van der Waals surface area contributed by atoms with Crippen molar-refractivity contribution in [2.24, 2.45) is 5.41 Å². The van der Waals surface area contributed by atoms with Crippen LogP contribution in [-0.2, 0) is 19.1 Å². The van der Waals surface area contributed by atoms with Crippen molar-refractivity contribution < 1.29 is 22.8 Å². The predicted molar refractivity (Wildman–Crippen MR) is 115 cm³/mol. The molecule has 1 aromatic carbocycles. The summed E-state index contributed by atoms with van der Waals surface area (Å²) >= 11 is 0. The lowest BCUT2D eigenvalue weighted by atomic mass is 9.75. The Morgan fingerprint density at radius 3 is 2.61 bits per heavy atom. The summed E-state index contributed by atoms with van der Waals surface area (Å²) in [7, 11) is 0. The SMILES string of the molecule is Cc1nn(-c2ccc(C(=O)NCc3cccc(C(F)(F)F)c3)cn2)c2c1C(=O)CC(C)(C)C2. The standard InChI is InChI=1S/C24H23F3N4O2/c1-14-21-18(10-23(2,3)11-19(21)32)31(30-14)20-8-7-16(13-28-20)22(33)29-12-15-5-4-6-17(9-15)24(25,26)27/h4-9,13H,10-12H2,1-3H3,(H,29,33). The Labute approximate surface area is 188 Å². The minimum atomic E-state index is -4.44. The van der Waals surface area contributed by atoms with Crippen molar-refractivity contribution in [3.05, 3.63) is 76.2 Å². The summed E-state index contributed by atoms with van der Waals surface area (Å²) in [6, 6.07) is 8.02. The molecule has 0 bridgehead atoms. The summed E-state index contributed by atoms with van der Waals surface area (Å²) in [4.78, 5) is 29.4. The Bertz CT molecular complexity index is 1230. The molecular formula is C24H23F3N4O2. The topological polar surface area (TPSA) is 76.9 Å². The number of halogens is 3. The monoisotopic (exact) mass is 456 g/mol. The number of ketones is 1. The molecule has 0 spiro atoms. The van der Waals surface area contributed by atoms with Gasteiger partial charge in [0, 0.05) is 19.2 Å². The Hall–Kier alpha value is -3.49. The van der Waals surface area contributed by atoms with Gasteiger partial charge in [-0.2, -0.15) is 18.3 Å². The number of pyridine rings is 1. The van der Waals surface area contributed by atoms with E-state index in [0.29, 0.717) is 35.5 Å². The number of hydrogen-bond acceptors (Lipinski definition) is 4. The Kier molecular flexibility index (Phi) is 5.59. The summed E-state index contributed by atoms with van der Waals surface area (Å²) in [5, 5.41) is 7.11. The van der Waals surface area contributed by atoms with Crippen LogP contribution in [0.5, 0.6) is 0 Å². The highest BCUT2D eigenvalue weighted by Crippen LogP contribution is 2.36. The number of carbonyl (C=O) groups excluding carboxylic acids is 2.